The summed E-state index contributed by atoms with van der Waals surface area (Å²) in [5.74, 6) is 0.763. The summed E-state index contributed by atoms with van der Waals surface area (Å²) in [6.45, 7) is 1.74. The van der Waals surface area contributed by atoms with Crippen LogP contribution in [0.5, 0.6) is 0 Å². The number of amides is 1. The Labute approximate surface area is 150 Å². The standard InChI is InChI=1S/C19H20FN5O/c1-21-19(26)16-4-5-18(24-23-16)25-8-6-12(7-9-25)15-11-22-17-10-13(20)2-3-14(15)17/h2-5,10-12,22H,6-9H2,1H3,(H,21,26). The van der Waals surface area contributed by atoms with Crippen molar-refractivity contribution in [2.45, 2.75) is 18.8 Å². The lowest BCUT2D eigenvalue weighted by molar-refractivity contribution is 0.0957. The Kier molecular flexibility index (Phi) is 4.28. The number of aromatic nitrogens is 3. The van der Waals surface area contributed by atoms with Crippen LogP contribution in [-0.2, 0) is 0 Å². The zero-order valence-electron chi connectivity index (χ0n) is 14.5. The fourth-order valence-electron chi connectivity index (χ4n) is 3.62. The molecule has 1 aliphatic rings. The number of halogens is 1. The molecule has 1 aromatic carbocycles. The van der Waals surface area contributed by atoms with Crippen molar-refractivity contribution < 1.29 is 9.18 Å². The fraction of sp³-hybridized carbons (Fsp3) is 0.316. The van der Waals surface area contributed by atoms with E-state index in [9.17, 15) is 9.18 Å². The summed E-state index contributed by atoms with van der Waals surface area (Å²) in [6.07, 6.45) is 3.98. The molecule has 2 aromatic heterocycles. The Hall–Kier alpha value is -2.96. The number of hydrogen-bond donors (Lipinski definition) is 2. The maximum absolute atomic E-state index is 13.4. The third kappa shape index (κ3) is 3.00. The smallest absolute Gasteiger partial charge is 0.271 e. The van der Waals surface area contributed by atoms with E-state index in [2.05, 4.69) is 25.4 Å². The van der Waals surface area contributed by atoms with Crippen LogP contribution in [0.15, 0.2) is 36.5 Å². The van der Waals surface area contributed by atoms with Gasteiger partial charge in [0.1, 0.15) is 5.82 Å². The Morgan fingerprint density at radius 3 is 2.73 bits per heavy atom. The minimum atomic E-state index is -0.237. The zero-order valence-corrected chi connectivity index (χ0v) is 14.5. The van der Waals surface area contributed by atoms with Gasteiger partial charge in [-0.25, -0.2) is 4.39 Å². The molecule has 2 N–H and O–H groups in total. The van der Waals surface area contributed by atoms with E-state index in [0.717, 1.165) is 42.7 Å². The SMILES string of the molecule is CNC(=O)c1ccc(N2CCC(c3c[nH]c4cc(F)ccc34)CC2)nn1. The molecule has 1 amide bonds. The van der Waals surface area contributed by atoms with Gasteiger partial charge in [0, 0.05) is 37.2 Å². The predicted molar refractivity (Wildman–Crippen MR) is 97.9 cm³/mol. The minimum absolute atomic E-state index is 0.223. The molecule has 0 aliphatic carbocycles. The van der Waals surface area contributed by atoms with Crippen LogP contribution in [0.1, 0.15) is 34.8 Å². The van der Waals surface area contributed by atoms with Gasteiger partial charge in [-0.2, -0.15) is 0 Å². The quantitative estimate of drug-likeness (QED) is 0.759. The Bertz CT molecular complexity index is 929. The van der Waals surface area contributed by atoms with Crippen LogP contribution in [0.25, 0.3) is 10.9 Å². The number of fused-ring (bicyclic) bond motifs is 1. The number of hydrogen-bond acceptors (Lipinski definition) is 4. The van der Waals surface area contributed by atoms with Gasteiger partial charge in [-0.1, -0.05) is 0 Å². The van der Waals surface area contributed by atoms with Crippen LogP contribution >= 0.6 is 0 Å². The van der Waals surface area contributed by atoms with Gasteiger partial charge < -0.3 is 15.2 Å². The lowest BCUT2D eigenvalue weighted by atomic mass is 9.89. The molecule has 3 aromatic rings. The molecule has 0 radical (unpaired) electrons. The van der Waals surface area contributed by atoms with E-state index in [0.29, 0.717) is 11.6 Å². The van der Waals surface area contributed by atoms with Crippen LogP contribution < -0.4 is 10.2 Å². The highest BCUT2D eigenvalue weighted by Gasteiger charge is 2.24. The maximum atomic E-state index is 13.4. The van der Waals surface area contributed by atoms with Gasteiger partial charge in [0.2, 0.25) is 0 Å². The molecule has 1 aliphatic heterocycles. The van der Waals surface area contributed by atoms with Crippen LogP contribution in [0.2, 0.25) is 0 Å². The van der Waals surface area contributed by atoms with E-state index in [-0.39, 0.29) is 11.7 Å². The summed E-state index contributed by atoms with van der Waals surface area (Å²) < 4.78 is 13.4. The molecular weight excluding hydrogens is 333 g/mol. The number of carbonyl (C=O) groups excluding carboxylic acids is 1. The first-order valence-corrected chi connectivity index (χ1v) is 8.73. The van der Waals surface area contributed by atoms with Crippen molar-refractivity contribution in [1.82, 2.24) is 20.5 Å². The van der Waals surface area contributed by atoms with Crippen LogP contribution in [0, 0.1) is 5.82 Å². The minimum Gasteiger partial charge on any atom is -0.361 e. The molecule has 26 heavy (non-hydrogen) atoms. The first-order valence-electron chi connectivity index (χ1n) is 8.73. The molecule has 134 valence electrons. The van der Waals surface area contributed by atoms with Gasteiger partial charge in [0.05, 0.1) is 0 Å². The van der Waals surface area contributed by atoms with Gasteiger partial charge in [0.15, 0.2) is 11.5 Å². The molecule has 0 bridgehead atoms. The number of nitrogens with one attached hydrogen (secondary N) is 2. The van der Waals surface area contributed by atoms with E-state index >= 15 is 0 Å². The van der Waals surface area contributed by atoms with Crippen molar-refractivity contribution in [2.75, 3.05) is 25.0 Å². The van der Waals surface area contributed by atoms with E-state index in [4.69, 9.17) is 0 Å². The van der Waals surface area contributed by atoms with Crippen LogP contribution in [-0.4, -0.2) is 41.2 Å². The monoisotopic (exact) mass is 353 g/mol. The second-order valence-electron chi connectivity index (χ2n) is 6.55. The highest BCUT2D eigenvalue weighted by atomic mass is 19.1. The molecule has 3 heterocycles. The molecule has 0 saturated carbocycles. The van der Waals surface area contributed by atoms with E-state index in [1.54, 1.807) is 13.1 Å². The topological polar surface area (TPSA) is 73.9 Å². The zero-order chi connectivity index (χ0) is 18.1. The van der Waals surface area contributed by atoms with Gasteiger partial charge in [-0.3, -0.25) is 4.79 Å². The van der Waals surface area contributed by atoms with Gasteiger partial charge in [0.25, 0.3) is 5.91 Å². The number of aromatic amines is 1. The molecule has 4 rings (SSSR count). The number of piperidine rings is 1. The van der Waals surface area contributed by atoms with Crippen LogP contribution in [0.3, 0.4) is 0 Å². The van der Waals surface area contributed by atoms with Gasteiger partial charge in [-0.15, -0.1) is 10.2 Å². The molecule has 0 spiro atoms. The Balaban J connectivity index is 1.46. The second-order valence-corrected chi connectivity index (χ2v) is 6.55. The second kappa shape index (κ2) is 6.74. The Morgan fingerprint density at radius 1 is 1.23 bits per heavy atom. The molecule has 6 nitrogen and oxygen atoms in total. The first-order chi connectivity index (χ1) is 12.7. The average molecular weight is 353 g/mol. The summed E-state index contributed by atoms with van der Waals surface area (Å²) >= 11 is 0. The number of H-pyrrole nitrogens is 1. The number of anilines is 1. The van der Waals surface area contributed by atoms with E-state index < -0.39 is 0 Å². The number of carbonyl (C=O) groups is 1. The molecule has 7 heteroatoms. The van der Waals surface area contributed by atoms with E-state index in [1.165, 1.54) is 17.7 Å². The highest BCUT2D eigenvalue weighted by molar-refractivity contribution is 5.91. The lowest BCUT2D eigenvalue weighted by Gasteiger charge is -2.32. The largest absolute Gasteiger partial charge is 0.361 e. The van der Waals surface area contributed by atoms with Gasteiger partial charge >= 0.3 is 0 Å². The maximum Gasteiger partial charge on any atom is 0.271 e. The van der Waals surface area contributed by atoms with Crippen molar-refractivity contribution in [1.29, 1.82) is 0 Å². The Morgan fingerprint density at radius 2 is 2.04 bits per heavy atom. The molecule has 0 atom stereocenters. The number of benzene rings is 1. The van der Waals surface area contributed by atoms with Crippen molar-refractivity contribution in [3.8, 4) is 0 Å². The molecular formula is C19H20FN5O. The highest BCUT2D eigenvalue weighted by Crippen LogP contribution is 2.34. The number of nitrogens with zero attached hydrogens (tertiary/aromatic N) is 3. The van der Waals surface area contributed by atoms with Crippen molar-refractivity contribution in [3.63, 3.8) is 0 Å². The van der Waals surface area contributed by atoms with Crippen molar-refractivity contribution in [3.05, 3.63) is 53.6 Å². The lowest BCUT2D eigenvalue weighted by Crippen LogP contribution is -2.33. The average Bonchev–Trinajstić information content (AvgIpc) is 3.10. The predicted octanol–water partition coefficient (Wildman–Crippen LogP) is 2.84. The normalized spacial score (nSPS) is 15.4. The third-order valence-corrected chi connectivity index (χ3v) is 5.04. The summed E-state index contributed by atoms with van der Waals surface area (Å²) in [4.78, 5) is 16.9. The third-order valence-electron chi connectivity index (χ3n) is 5.04. The summed E-state index contributed by atoms with van der Waals surface area (Å²) in [6, 6.07) is 8.44. The van der Waals surface area contributed by atoms with Crippen molar-refractivity contribution >= 4 is 22.6 Å². The molecule has 1 fully saturated rings. The van der Waals surface area contributed by atoms with E-state index in [1.807, 2.05) is 18.3 Å². The van der Waals surface area contributed by atoms with Gasteiger partial charge in [-0.05, 0) is 54.7 Å². The van der Waals surface area contributed by atoms with Crippen molar-refractivity contribution in [2.24, 2.45) is 0 Å². The summed E-state index contributed by atoms with van der Waals surface area (Å²) in [5.41, 5.74) is 2.41. The van der Waals surface area contributed by atoms with Crippen LogP contribution in [0.4, 0.5) is 10.2 Å². The summed E-state index contributed by atoms with van der Waals surface area (Å²) in [5, 5.41) is 11.8. The number of rotatable bonds is 3. The molecule has 1 saturated heterocycles. The molecule has 0 unspecified atom stereocenters. The fourth-order valence-corrected chi connectivity index (χ4v) is 3.62. The first kappa shape index (κ1) is 16.5. The summed E-state index contributed by atoms with van der Waals surface area (Å²) in [7, 11) is 1.57.